The molecule has 1 unspecified atom stereocenters. The van der Waals surface area contributed by atoms with Crippen LogP contribution in [0.25, 0.3) is 0 Å². The fourth-order valence-corrected chi connectivity index (χ4v) is 1.85. The van der Waals surface area contributed by atoms with Gasteiger partial charge < -0.3 is 5.32 Å². The summed E-state index contributed by atoms with van der Waals surface area (Å²) in [5.74, 6) is 6.62. The van der Waals surface area contributed by atoms with Crippen LogP contribution < -0.4 is 5.32 Å². The van der Waals surface area contributed by atoms with Crippen LogP contribution in [0.2, 0.25) is 0 Å². The predicted octanol–water partition coefficient (Wildman–Crippen LogP) is 4.56. The molecule has 0 saturated heterocycles. The van der Waals surface area contributed by atoms with E-state index in [1.165, 1.54) is 0 Å². The average Bonchev–Trinajstić information content (AvgIpc) is 2.44. The standard InChI is InChI=1S/C19H21N/c1-19(2,3)18(20-17-12-8-5-9-13-17)15-14-16-10-6-4-7-11-16/h4-13,18,20H,1-3H3. The molecule has 0 aliphatic rings. The SMILES string of the molecule is CC(C)(C)C(C#Cc1ccccc1)Nc1ccccc1. The fourth-order valence-electron chi connectivity index (χ4n) is 1.85. The number of hydrogen-bond acceptors (Lipinski definition) is 1. The molecule has 20 heavy (non-hydrogen) atoms. The quantitative estimate of drug-likeness (QED) is 0.783. The Labute approximate surface area is 122 Å². The Morgan fingerprint density at radius 2 is 1.40 bits per heavy atom. The maximum absolute atomic E-state index is 3.52. The molecule has 0 heterocycles. The molecule has 1 nitrogen and oxygen atoms in total. The maximum Gasteiger partial charge on any atom is 0.0929 e. The van der Waals surface area contributed by atoms with Crippen molar-refractivity contribution in [2.75, 3.05) is 5.32 Å². The minimum Gasteiger partial charge on any atom is -0.371 e. The van der Waals surface area contributed by atoms with Gasteiger partial charge >= 0.3 is 0 Å². The monoisotopic (exact) mass is 263 g/mol. The second-order valence-electron chi connectivity index (χ2n) is 5.94. The van der Waals surface area contributed by atoms with E-state index in [-0.39, 0.29) is 11.5 Å². The van der Waals surface area contributed by atoms with Gasteiger partial charge in [0.1, 0.15) is 0 Å². The van der Waals surface area contributed by atoms with Crippen LogP contribution in [0.5, 0.6) is 0 Å². The summed E-state index contributed by atoms with van der Waals surface area (Å²) >= 11 is 0. The van der Waals surface area contributed by atoms with Gasteiger partial charge in [-0.05, 0) is 29.7 Å². The summed E-state index contributed by atoms with van der Waals surface area (Å²) in [5, 5.41) is 3.52. The van der Waals surface area contributed by atoms with Gasteiger partial charge in [-0.25, -0.2) is 0 Å². The molecule has 102 valence electrons. The van der Waals surface area contributed by atoms with Crippen LogP contribution in [0.15, 0.2) is 60.7 Å². The minimum absolute atomic E-state index is 0.0671. The van der Waals surface area contributed by atoms with Gasteiger partial charge in [-0.15, -0.1) is 0 Å². The van der Waals surface area contributed by atoms with Gasteiger partial charge in [0.05, 0.1) is 6.04 Å². The Bertz CT molecular complexity index is 582. The lowest BCUT2D eigenvalue weighted by molar-refractivity contribution is 0.392. The molecule has 1 N–H and O–H groups in total. The summed E-state index contributed by atoms with van der Waals surface area (Å²) in [6, 6.07) is 20.4. The predicted molar refractivity (Wildman–Crippen MR) is 86.6 cm³/mol. The summed E-state index contributed by atoms with van der Waals surface area (Å²) in [4.78, 5) is 0. The van der Waals surface area contributed by atoms with E-state index in [0.717, 1.165) is 11.3 Å². The van der Waals surface area contributed by atoms with E-state index >= 15 is 0 Å². The van der Waals surface area contributed by atoms with Gasteiger partial charge in [-0.3, -0.25) is 0 Å². The molecule has 0 amide bonds. The zero-order valence-corrected chi connectivity index (χ0v) is 12.4. The van der Waals surface area contributed by atoms with Gasteiger partial charge in [-0.1, -0.05) is 69.0 Å². The molecule has 0 spiro atoms. The third-order valence-corrected chi connectivity index (χ3v) is 3.09. The van der Waals surface area contributed by atoms with Crippen molar-refractivity contribution in [3.05, 3.63) is 66.2 Å². The molecule has 1 heteroatoms. The van der Waals surface area contributed by atoms with Crippen LogP contribution in [0.4, 0.5) is 5.69 Å². The smallest absolute Gasteiger partial charge is 0.0929 e. The number of para-hydroxylation sites is 1. The van der Waals surface area contributed by atoms with Gasteiger partial charge in [0.2, 0.25) is 0 Å². The minimum atomic E-state index is 0.0671. The zero-order valence-electron chi connectivity index (χ0n) is 12.4. The number of hydrogen-bond donors (Lipinski definition) is 1. The van der Waals surface area contributed by atoms with Crippen molar-refractivity contribution in [2.24, 2.45) is 5.41 Å². The molecule has 0 radical (unpaired) electrons. The molecule has 2 aromatic rings. The molecule has 0 bridgehead atoms. The van der Waals surface area contributed by atoms with E-state index in [1.54, 1.807) is 0 Å². The second kappa shape index (κ2) is 6.30. The third-order valence-electron chi connectivity index (χ3n) is 3.09. The fraction of sp³-hybridized carbons (Fsp3) is 0.263. The highest BCUT2D eigenvalue weighted by Crippen LogP contribution is 2.22. The first-order valence-electron chi connectivity index (χ1n) is 6.94. The number of rotatable bonds is 2. The van der Waals surface area contributed by atoms with Crippen molar-refractivity contribution in [2.45, 2.75) is 26.8 Å². The number of nitrogens with one attached hydrogen (secondary N) is 1. The first kappa shape index (κ1) is 14.2. The summed E-state index contributed by atoms with van der Waals surface area (Å²) in [6.45, 7) is 6.60. The molecule has 2 rings (SSSR count). The van der Waals surface area contributed by atoms with Crippen molar-refractivity contribution < 1.29 is 0 Å². The molecule has 1 atom stereocenters. The van der Waals surface area contributed by atoms with E-state index in [0.29, 0.717) is 0 Å². The normalized spacial score (nSPS) is 12.2. The molecule has 0 aromatic heterocycles. The highest BCUT2D eigenvalue weighted by atomic mass is 14.9. The summed E-state index contributed by atoms with van der Waals surface area (Å²) in [7, 11) is 0. The van der Waals surface area contributed by atoms with Crippen molar-refractivity contribution in [1.82, 2.24) is 0 Å². The van der Waals surface area contributed by atoms with Gasteiger partial charge in [0.25, 0.3) is 0 Å². The molecule has 2 aromatic carbocycles. The van der Waals surface area contributed by atoms with Crippen LogP contribution in [-0.2, 0) is 0 Å². The lowest BCUT2D eigenvalue weighted by Gasteiger charge is -2.28. The first-order chi connectivity index (χ1) is 9.55. The highest BCUT2D eigenvalue weighted by Gasteiger charge is 2.22. The van der Waals surface area contributed by atoms with Crippen LogP contribution in [-0.4, -0.2) is 6.04 Å². The Kier molecular flexibility index (Phi) is 4.48. The Morgan fingerprint density at radius 1 is 0.850 bits per heavy atom. The Morgan fingerprint density at radius 3 is 1.95 bits per heavy atom. The molecule has 0 aliphatic carbocycles. The van der Waals surface area contributed by atoms with E-state index < -0.39 is 0 Å². The largest absolute Gasteiger partial charge is 0.371 e. The van der Waals surface area contributed by atoms with Crippen LogP contribution >= 0.6 is 0 Å². The topological polar surface area (TPSA) is 12.0 Å². The molecular formula is C19H21N. The van der Waals surface area contributed by atoms with Crippen LogP contribution in [0.3, 0.4) is 0 Å². The lowest BCUT2D eigenvalue weighted by atomic mass is 9.86. The summed E-state index contributed by atoms with van der Waals surface area (Å²) < 4.78 is 0. The van der Waals surface area contributed by atoms with Crippen molar-refractivity contribution in [1.29, 1.82) is 0 Å². The van der Waals surface area contributed by atoms with E-state index in [2.05, 4.69) is 50.1 Å². The Hall–Kier alpha value is -2.20. The van der Waals surface area contributed by atoms with E-state index in [4.69, 9.17) is 0 Å². The van der Waals surface area contributed by atoms with Crippen LogP contribution in [0.1, 0.15) is 26.3 Å². The van der Waals surface area contributed by atoms with Crippen molar-refractivity contribution in [3.63, 3.8) is 0 Å². The third kappa shape index (κ3) is 4.17. The molecule has 0 fully saturated rings. The average molecular weight is 263 g/mol. The van der Waals surface area contributed by atoms with Gasteiger partial charge in [0.15, 0.2) is 0 Å². The molecule has 0 aliphatic heterocycles. The van der Waals surface area contributed by atoms with E-state index in [9.17, 15) is 0 Å². The number of benzene rings is 2. The summed E-state index contributed by atoms with van der Waals surface area (Å²) in [6.07, 6.45) is 0. The maximum atomic E-state index is 3.52. The number of anilines is 1. The lowest BCUT2D eigenvalue weighted by Crippen LogP contribution is -2.32. The van der Waals surface area contributed by atoms with Gasteiger partial charge in [0, 0.05) is 11.3 Å². The second-order valence-corrected chi connectivity index (χ2v) is 5.94. The zero-order chi connectivity index (χ0) is 14.4. The van der Waals surface area contributed by atoms with Crippen molar-refractivity contribution >= 4 is 5.69 Å². The first-order valence-corrected chi connectivity index (χ1v) is 6.94. The van der Waals surface area contributed by atoms with Crippen molar-refractivity contribution in [3.8, 4) is 11.8 Å². The van der Waals surface area contributed by atoms with E-state index in [1.807, 2.05) is 48.5 Å². The van der Waals surface area contributed by atoms with Gasteiger partial charge in [-0.2, -0.15) is 0 Å². The summed E-state index contributed by atoms with van der Waals surface area (Å²) in [5.41, 5.74) is 2.23. The molecular weight excluding hydrogens is 242 g/mol. The Balaban J connectivity index is 2.20. The highest BCUT2D eigenvalue weighted by molar-refractivity contribution is 5.47. The van der Waals surface area contributed by atoms with Crippen LogP contribution in [0, 0.1) is 17.3 Å². The molecule has 0 saturated carbocycles.